The fraction of sp³-hybridized carbons (Fsp3) is 0.556. The van der Waals surface area contributed by atoms with E-state index in [4.69, 9.17) is 0 Å². The molecule has 158 valence electrons. The lowest BCUT2D eigenvalue weighted by Gasteiger charge is -2.32. The topological polar surface area (TPSA) is 64.7 Å². The summed E-state index contributed by atoms with van der Waals surface area (Å²) in [5.41, 5.74) is -1.23. The van der Waals surface area contributed by atoms with Crippen LogP contribution in [0.4, 0.5) is 18.9 Å². The predicted molar refractivity (Wildman–Crippen MR) is 103 cm³/mol. The molecule has 0 bridgehead atoms. The number of carbonyl (C=O) groups is 2. The molecule has 28 heavy (non-hydrogen) atoms. The molecule has 1 aromatic carbocycles. The summed E-state index contributed by atoms with van der Waals surface area (Å²) in [5.74, 6) is -0.916. The summed E-state index contributed by atoms with van der Waals surface area (Å²) >= 11 is 0. The molecule has 1 aromatic rings. The van der Waals surface area contributed by atoms with Crippen molar-refractivity contribution in [3.8, 4) is 0 Å². The fourth-order valence-electron chi connectivity index (χ4n) is 3.08. The van der Waals surface area contributed by atoms with Crippen LogP contribution in [0, 0.1) is 0 Å². The van der Waals surface area contributed by atoms with Gasteiger partial charge in [0.25, 0.3) is 0 Å². The molecule has 10 heteroatoms. The Labute approximate surface area is 168 Å². The first-order valence-corrected chi connectivity index (χ1v) is 8.80. The first-order valence-electron chi connectivity index (χ1n) is 8.80. The van der Waals surface area contributed by atoms with Gasteiger partial charge in [-0.3, -0.25) is 14.5 Å². The number of alkyl halides is 3. The number of nitrogens with zero attached hydrogens (tertiary/aromatic N) is 2. The zero-order valence-corrected chi connectivity index (χ0v) is 16.7. The molecule has 2 amide bonds. The van der Waals surface area contributed by atoms with Crippen LogP contribution in [-0.2, 0) is 15.8 Å². The first kappa shape index (κ1) is 24.2. The SMILES string of the molecule is CNC1CCCN(CC(=O)N(C)CC(=O)Nc2ccccc2C(F)(F)F)C1.Cl. The third kappa shape index (κ3) is 6.96. The summed E-state index contributed by atoms with van der Waals surface area (Å²) in [5, 5.41) is 5.44. The maximum Gasteiger partial charge on any atom is 0.418 e. The quantitative estimate of drug-likeness (QED) is 0.737. The lowest BCUT2D eigenvalue weighted by Crippen LogP contribution is -2.48. The average molecular weight is 423 g/mol. The number of hydrogen-bond donors (Lipinski definition) is 2. The highest BCUT2D eigenvalue weighted by Crippen LogP contribution is 2.34. The molecule has 1 aliphatic heterocycles. The summed E-state index contributed by atoms with van der Waals surface area (Å²) in [6.07, 6.45) is -2.53. The van der Waals surface area contributed by atoms with Gasteiger partial charge in [0, 0.05) is 19.6 Å². The van der Waals surface area contributed by atoms with Crippen LogP contribution in [0.3, 0.4) is 0 Å². The van der Waals surface area contributed by atoms with Gasteiger partial charge < -0.3 is 15.5 Å². The van der Waals surface area contributed by atoms with Gasteiger partial charge in [-0.25, -0.2) is 0 Å². The largest absolute Gasteiger partial charge is 0.418 e. The molecular weight excluding hydrogens is 397 g/mol. The van der Waals surface area contributed by atoms with Crippen LogP contribution in [0.5, 0.6) is 0 Å². The van der Waals surface area contributed by atoms with Gasteiger partial charge in [-0.15, -0.1) is 12.4 Å². The molecule has 1 heterocycles. The van der Waals surface area contributed by atoms with E-state index in [0.717, 1.165) is 32.0 Å². The molecule has 1 saturated heterocycles. The van der Waals surface area contributed by atoms with Crippen molar-refractivity contribution in [2.75, 3.05) is 45.6 Å². The van der Waals surface area contributed by atoms with Gasteiger partial charge in [-0.1, -0.05) is 12.1 Å². The van der Waals surface area contributed by atoms with Crippen molar-refractivity contribution in [1.29, 1.82) is 0 Å². The van der Waals surface area contributed by atoms with E-state index >= 15 is 0 Å². The number of para-hydroxylation sites is 1. The van der Waals surface area contributed by atoms with Crippen molar-refractivity contribution >= 4 is 29.9 Å². The van der Waals surface area contributed by atoms with E-state index in [1.165, 1.54) is 30.1 Å². The van der Waals surface area contributed by atoms with Crippen molar-refractivity contribution in [2.24, 2.45) is 0 Å². The third-order valence-corrected chi connectivity index (χ3v) is 4.59. The number of anilines is 1. The molecule has 1 atom stereocenters. The summed E-state index contributed by atoms with van der Waals surface area (Å²) in [4.78, 5) is 27.7. The monoisotopic (exact) mass is 422 g/mol. The molecule has 1 aliphatic rings. The minimum atomic E-state index is -4.57. The number of benzene rings is 1. The van der Waals surface area contributed by atoms with Crippen LogP contribution in [0.1, 0.15) is 18.4 Å². The van der Waals surface area contributed by atoms with Crippen LogP contribution in [0.15, 0.2) is 24.3 Å². The molecule has 2 N–H and O–H groups in total. The Hall–Kier alpha value is -1.84. The second kappa shape index (κ2) is 10.6. The van der Waals surface area contributed by atoms with Gasteiger partial charge in [0.2, 0.25) is 11.8 Å². The number of likely N-dealkylation sites (tertiary alicyclic amines) is 1. The Bertz CT molecular complexity index is 672. The Morgan fingerprint density at radius 3 is 2.61 bits per heavy atom. The molecule has 1 unspecified atom stereocenters. The Morgan fingerprint density at radius 1 is 1.29 bits per heavy atom. The van der Waals surface area contributed by atoms with Crippen molar-refractivity contribution in [3.63, 3.8) is 0 Å². The number of hydrogen-bond acceptors (Lipinski definition) is 4. The highest BCUT2D eigenvalue weighted by Gasteiger charge is 2.33. The second-order valence-corrected chi connectivity index (χ2v) is 6.70. The number of nitrogens with one attached hydrogen (secondary N) is 2. The minimum Gasteiger partial charge on any atom is -0.335 e. The first-order chi connectivity index (χ1) is 12.7. The van der Waals surface area contributed by atoms with Crippen molar-refractivity contribution in [2.45, 2.75) is 25.1 Å². The number of likely N-dealkylation sites (N-methyl/N-ethyl adjacent to an activating group) is 2. The highest BCUT2D eigenvalue weighted by molar-refractivity contribution is 5.95. The molecule has 0 aliphatic carbocycles. The Kier molecular flexibility index (Phi) is 9.19. The molecule has 0 aromatic heterocycles. The molecule has 0 spiro atoms. The van der Waals surface area contributed by atoms with Crippen molar-refractivity contribution in [1.82, 2.24) is 15.1 Å². The van der Waals surface area contributed by atoms with Crippen LogP contribution >= 0.6 is 12.4 Å². The van der Waals surface area contributed by atoms with Gasteiger partial charge in [0.15, 0.2) is 0 Å². The number of piperidine rings is 1. The normalized spacial score (nSPS) is 17.5. The van der Waals surface area contributed by atoms with Gasteiger partial charge >= 0.3 is 6.18 Å². The molecule has 2 rings (SSSR count). The number of halogens is 4. The summed E-state index contributed by atoms with van der Waals surface area (Å²) < 4.78 is 39.0. The number of amides is 2. The van der Waals surface area contributed by atoms with E-state index in [0.29, 0.717) is 6.04 Å². The van der Waals surface area contributed by atoms with Crippen LogP contribution in [0.2, 0.25) is 0 Å². The van der Waals surface area contributed by atoms with E-state index in [-0.39, 0.29) is 37.1 Å². The van der Waals surface area contributed by atoms with Crippen molar-refractivity contribution in [3.05, 3.63) is 29.8 Å². The number of rotatable bonds is 6. The van der Waals surface area contributed by atoms with E-state index in [1.807, 2.05) is 11.9 Å². The Balaban J connectivity index is 0.00000392. The van der Waals surface area contributed by atoms with Crippen molar-refractivity contribution < 1.29 is 22.8 Å². The van der Waals surface area contributed by atoms with Gasteiger partial charge in [-0.05, 0) is 38.6 Å². The smallest absolute Gasteiger partial charge is 0.335 e. The zero-order chi connectivity index (χ0) is 20.0. The highest BCUT2D eigenvalue weighted by atomic mass is 35.5. The molecule has 0 radical (unpaired) electrons. The second-order valence-electron chi connectivity index (χ2n) is 6.70. The van der Waals surface area contributed by atoms with Gasteiger partial charge in [0.1, 0.15) is 0 Å². The van der Waals surface area contributed by atoms with Gasteiger partial charge in [-0.2, -0.15) is 13.2 Å². The molecule has 1 fully saturated rings. The predicted octanol–water partition coefficient (Wildman–Crippen LogP) is 2.21. The third-order valence-electron chi connectivity index (χ3n) is 4.59. The van der Waals surface area contributed by atoms with E-state index in [2.05, 4.69) is 10.6 Å². The summed E-state index contributed by atoms with van der Waals surface area (Å²) in [6.45, 7) is 1.43. The molecular formula is C18H26ClF3N4O2. The zero-order valence-electron chi connectivity index (χ0n) is 15.9. The van der Waals surface area contributed by atoms with E-state index in [9.17, 15) is 22.8 Å². The summed E-state index contributed by atoms with van der Waals surface area (Å²) in [7, 11) is 3.35. The van der Waals surface area contributed by atoms with Crippen LogP contribution in [0.25, 0.3) is 0 Å². The summed E-state index contributed by atoms with van der Waals surface area (Å²) in [6, 6.07) is 5.09. The standard InChI is InChI=1S/C18H25F3N4O2.ClH/c1-22-13-6-5-9-25(10-13)12-17(27)24(2)11-16(26)23-15-8-4-3-7-14(15)18(19,20)21;/h3-4,7-8,13,22H,5-6,9-12H2,1-2H3,(H,23,26);1H. The van der Waals surface area contributed by atoms with Gasteiger partial charge in [0.05, 0.1) is 24.3 Å². The number of carbonyl (C=O) groups excluding carboxylic acids is 2. The fourth-order valence-corrected chi connectivity index (χ4v) is 3.08. The molecule has 0 saturated carbocycles. The van der Waals surface area contributed by atoms with E-state index < -0.39 is 17.6 Å². The van der Waals surface area contributed by atoms with E-state index in [1.54, 1.807) is 0 Å². The lowest BCUT2D eigenvalue weighted by atomic mass is 10.1. The van der Waals surface area contributed by atoms with Crippen LogP contribution < -0.4 is 10.6 Å². The minimum absolute atomic E-state index is 0. The lowest BCUT2D eigenvalue weighted by molar-refractivity contribution is -0.137. The Morgan fingerprint density at radius 2 is 1.96 bits per heavy atom. The molecule has 6 nitrogen and oxygen atoms in total. The maximum atomic E-state index is 13.0. The maximum absolute atomic E-state index is 13.0. The van der Waals surface area contributed by atoms with Crippen LogP contribution in [-0.4, -0.2) is 67.9 Å². The average Bonchev–Trinajstić information content (AvgIpc) is 2.61.